The number of nitrogens with zero attached hydrogens (tertiary/aromatic N) is 2. The molecule has 0 saturated heterocycles. The van der Waals surface area contributed by atoms with Crippen molar-refractivity contribution in [1.82, 2.24) is 10.3 Å². The lowest BCUT2D eigenvalue weighted by Gasteiger charge is -2.21. The van der Waals surface area contributed by atoms with Gasteiger partial charge in [0.2, 0.25) is 0 Å². The quantitative estimate of drug-likeness (QED) is 0.641. The van der Waals surface area contributed by atoms with Gasteiger partial charge in [-0.15, -0.1) is 0 Å². The Bertz CT molecular complexity index is 591. The Morgan fingerprint density at radius 2 is 2.00 bits per heavy atom. The Morgan fingerprint density at radius 1 is 1.26 bits per heavy atom. The van der Waals surface area contributed by atoms with E-state index in [1.807, 2.05) is 39.0 Å². The molecule has 0 aliphatic heterocycles. The molecule has 0 bridgehead atoms. The molecule has 0 aliphatic rings. The molecule has 0 fully saturated rings. The van der Waals surface area contributed by atoms with Crippen molar-refractivity contribution in [1.29, 1.82) is 0 Å². The van der Waals surface area contributed by atoms with E-state index >= 15 is 0 Å². The molecule has 100 valence electrons. The lowest BCUT2D eigenvalue weighted by molar-refractivity contribution is 0.508. The normalized spacial score (nSPS) is 12.7. The number of nitrogens with one attached hydrogen (secondary N) is 1. The zero-order chi connectivity index (χ0) is 13.9. The zero-order valence-corrected chi connectivity index (χ0v) is 11.6. The Kier molecular flexibility index (Phi) is 3.69. The van der Waals surface area contributed by atoms with Crippen LogP contribution in [0.3, 0.4) is 0 Å². The van der Waals surface area contributed by atoms with Crippen LogP contribution in [0.5, 0.6) is 0 Å². The summed E-state index contributed by atoms with van der Waals surface area (Å²) in [5.74, 6) is 0.447. The number of hydrogen-bond donors (Lipinski definition) is 2. The fraction of sp³-hybridized carbons (Fsp3) is 0.333. The summed E-state index contributed by atoms with van der Waals surface area (Å²) in [5.41, 5.74) is 6.72. The van der Waals surface area contributed by atoms with Crippen molar-refractivity contribution in [2.75, 3.05) is 0 Å². The van der Waals surface area contributed by atoms with Crippen LogP contribution < -0.4 is 11.1 Å². The average Bonchev–Trinajstić information content (AvgIpc) is 2.34. The van der Waals surface area contributed by atoms with Crippen LogP contribution in [0.2, 0.25) is 0 Å². The van der Waals surface area contributed by atoms with Crippen molar-refractivity contribution in [3.05, 3.63) is 42.2 Å². The van der Waals surface area contributed by atoms with Crippen molar-refractivity contribution >= 4 is 16.7 Å². The number of pyridine rings is 1. The maximum Gasteiger partial charge on any atom is 0.189 e. The Labute approximate surface area is 113 Å². The molecule has 0 spiro atoms. The van der Waals surface area contributed by atoms with Crippen LogP contribution in [0, 0.1) is 0 Å². The third-order valence-corrected chi connectivity index (χ3v) is 2.66. The summed E-state index contributed by atoms with van der Waals surface area (Å²) in [6.45, 7) is 6.62. The smallest absolute Gasteiger partial charge is 0.189 e. The molecule has 1 heterocycles. The monoisotopic (exact) mass is 256 g/mol. The summed E-state index contributed by atoms with van der Waals surface area (Å²) < 4.78 is 0. The molecule has 0 amide bonds. The second kappa shape index (κ2) is 5.26. The third-order valence-electron chi connectivity index (χ3n) is 2.66. The molecule has 4 nitrogen and oxygen atoms in total. The van der Waals surface area contributed by atoms with E-state index in [0.29, 0.717) is 12.5 Å². The van der Waals surface area contributed by atoms with Crippen molar-refractivity contribution in [2.45, 2.75) is 32.9 Å². The van der Waals surface area contributed by atoms with E-state index in [-0.39, 0.29) is 5.54 Å². The van der Waals surface area contributed by atoms with Crippen LogP contribution in [0.4, 0.5) is 0 Å². The first-order chi connectivity index (χ1) is 8.96. The van der Waals surface area contributed by atoms with E-state index in [1.54, 1.807) is 6.20 Å². The van der Waals surface area contributed by atoms with Crippen molar-refractivity contribution in [2.24, 2.45) is 10.7 Å². The van der Waals surface area contributed by atoms with Gasteiger partial charge in [0.1, 0.15) is 0 Å². The van der Waals surface area contributed by atoms with E-state index in [4.69, 9.17) is 5.73 Å². The van der Waals surface area contributed by atoms with Gasteiger partial charge in [-0.2, -0.15) is 0 Å². The standard InChI is InChI=1S/C15H20N4/c1-15(2,3)19-14(16)18-10-13-12-7-5-4-6-11(12)8-9-17-13/h4-9H,10H2,1-3H3,(H3,16,18,19). The molecule has 0 radical (unpaired) electrons. The van der Waals surface area contributed by atoms with Gasteiger partial charge in [-0.1, -0.05) is 24.3 Å². The van der Waals surface area contributed by atoms with Crippen molar-refractivity contribution in [3.8, 4) is 0 Å². The molecule has 0 saturated carbocycles. The highest BCUT2D eigenvalue weighted by Crippen LogP contribution is 2.16. The first-order valence-electron chi connectivity index (χ1n) is 6.36. The average molecular weight is 256 g/mol. The van der Waals surface area contributed by atoms with Gasteiger partial charge in [-0.3, -0.25) is 4.98 Å². The second-order valence-electron chi connectivity index (χ2n) is 5.56. The first kappa shape index (κ1) is 13.3. The van der Waals surface area contributed by atoms with Gasteiger partial charge in [0.25, 0.3) is 0 Å². The summed E-state index contributed by atoms with van der Waals surface area (Å²) in [7, 11) is 0. The number of guanidine groups is 1. The van der Waals surface area contributed by atoms with Crippen LogP contribution in [0.1, 0.15) is 26.5 Å². The lowest BCUT2D eigenvalue weighted by Crippen LogP contribution is -2.45. The maximum absolute atomic E-state index is 5.86. The summed E-state index contributed by atoms with van der Waals surface area (Å²) in [6.07, 6.45) is 1.81. The highest BCUT2D eigenvalue weighted by Gasteiger charge is 2.09. The van der Waals surface area contributed by atoms with E-state index in [0.717, 1.165) is 11.1 Å². The highest BCUT2D eigenvalue weighted by atomic mass is 15.1. The van der Waals surface area contributed by atoms with Crippen LogP contribution in [0.25, 0.3) is 10.8 Å². The number of benzene rings is 1. The minimum Gasteiger partial charge on any atom is -0.370 e. The topological polar surface area (TPSA) is 63.3 Å². The fourth-order valence-electron chi connectivity index (χ4n) is 1.89. The molecule has 1 aromatic heterocycles. The summed E-state index contributed by atoms with van der Waals surface area (Å²) in [4.78, 5) is 8.74. The molecule has 0 aliphatic carbocycles. The van der Waals surface area contributed by atoms with Crippen molar-refractivity contribution in [3.63, 3.8) is 0 Å². The first-order valence-corrected chi connectivity index (χ1v) is 6.36. The largest absolute Gasteiger partial charge is 0.370 e. The van der Waals surface area contributed by atoms with E-state index in [2.05, 4.69) is 27.4 Å². The molecular weight excluding hydrogens is 236 g/mol. The van der Waals surface area contributed by atoms with Gasteiger partial charge < -0.3 is 11.1 Å². The highest BCUT2D eigenvalue weighted by molar-refractivity contribution is 5.84. The SMILES string of the molecule is CC(C)(C)NC(N)=NCc1nccc2ccccc12. The number of aromatic nitrogens is 1. The van der Waals surface area contributed by atoms with Crippen LogP contribution in [-0.2, 0) is 6.54 Å². The second-order valence-corrected chi connectivity index (χ2v) is 5.56. The molecular formula is C15H20N4. The number of aliphatic imine (C=N–C) groups is 1. The van der Waals surface area contributed by atoms with Gasteiger partial charge in [0.05, 0.1) is 12.2 Å². The lowest BCUT2D eigenvalue weighted by atomic mass is 10.1. The molecule has 0 unspecified atom stereocenters. The van der Waals surface area contributed by atoms with Crippen LogP contribution >= 0.6 is 0 Å². The van der Waals surface area contributed by atoms with Crippen molar-refractivity contribution < 1.29 is 0 Å². The third kappa shape index (κ3) is 3.68. The van der Waals surface area contributed by atoms with Gasteiger partial charge in [0.15, 0.2) is 5.96 Å². The van der Waals surface area contributed by atoms with Gasteiger partial charge >= 0.3 is 0 Å². The number of fused-ring (bicyclic) bond motifs is 1. The zero-order valence-electron chi connectivity index (χ0n) is 11.6. The molecule has 3 N–H and O–H groups in total. The fourth-order valence-corrected chi connectivity index (χ4v) is 1.89. The van der Waals surface area contributed by atoms with Gasteiger partial charge in [-0.25, -0.2) is 4.99 Å². The molecule has 4 heteroatoms. The predicted octanol–water partition coefficient (Wildman–Crippen LogP) is 2.44. The van der Waals surface area contributed by atoms with Crippen LogP contribution in [0.15, 0.2) is 41.5 Å². The Morgan fingerprint density at radius 3 is 2.74 bits per heavy atom. The predicted molar refractivity (Wildman–Crippen MR) is 80.0 cm³/mol. The maximum atomic E-state index is 5.86. The molecule has 0 atom stereocenters. The summed E-state index contributed by atoms with van der Waals surface area (Å²) in [6, 6.07) is 10.2. The van der Waals surface area contributed by atoms with E-state index in [9.17, 15) is 0 Å². The van der Waals surface area contributed by atoms with E-state index in [1.165, 1.54) is 5.39 Å². The summed E-state index contributed by atoms with van der Waals surface area (Å²) in [5, 5.41) is 5.43. The molecule has 2 rings (SSSR count). The summed E-state index contributed by atoms with van der Waals surface area (Å²) >= 11 is 0. The molecule has 2 aromatic rings. The van der Waals surface area contributed by atoms with Crippen LogP contribution in [-0.4, -0.2) is 16.5 Å². The minimum absolute atomic E-state index is 0.0836. The Balaban J connectivity index is 2.20. The number of rotatable bonds is 2. The van der Waals surface area contributed by atoms with Gasteiger partial charge in [-0.05, 0) is 32.2 Å². The Hall–Kier alpha value is -2.10. The molecule has 19 heavy (non-hydrogen) atoms. The molecule has 1 aromatic carbocycles. The van der Waals surface area contributed by atoms with Gasteiger partial charge in [0, 0.05) is 17.1 Å². The number of nitrogens with two attached hydrogens (primary N) is 1. The number of hydrogen-bond acceptors (Lipinski definition) is 2. The van der Waals surface area contributed by atoms with E-state index < -0.39 is 0 Å². The minimum atomic E-state index is -0.0836.